The van der Waals surface area contributed by atoms with Gasteiger partial charge in [0.1, 0.15) is 24.4 Å². The Kier molecular flexibility index (Phi) is 11.9. The van der Waals surface area contributed by atoms with Gasteiger partial charge in [-0.15, -0.1) is 0 Å². The van der Waals surface area contributed by atoms with E-state index < -0.39 is 24.4 Å². The molecule has 0 aliphatic carbocycles. The van der Waals surface area contributed by atoms with Crippen molar-refractivity contribution in [1.29, 1.82) is 0 Å². The average molecular weight is 332 g/mol. The van der Waals surface area contributed by atoms with Crippen molar-refractivity contribution < 1.29 is 24.8 Å². The van der Waals surface area contributed by atoms with Crippen molar-refractivity contribution in [2.45, 2.75) is 95.5 Å². The van der Waals surface area contributed by atoms with E-state index >= 15 is 0 Å². The number of hydrogen-bond acceptors (Lipinski definition) is 5. The van der Waals surface area contributed by atoms with Crippen molar-refractivity contribution >= 4 is 0 Å². The molecular formula is C18H36O5. The summed E-state index contributed by atoms with van der Waals surface area (Å²) in [5.74, 6) is 0. The lowest BCUT2D eigenvalue weighted by Gasteiger charge is -2.36. The van der Waals surface area contributed by atoms with Crippen LogP contribution in [-0.4, -0.2) is 59.6 Å². The van der Waals surface area contributed by atoms with Gasteiger partial charge in [0.2, 0.25) is 0 Å². The smallest absolute Gasteiger partial charge is 0.111 e. The Morgan fingerprint density at radius 1 is 0.870 bits per heavy atom. The van der Waals surface area contributed by atoms with Gasteiger partial charge < -0.3 is 24.8 Å². The second kappa shape index (κ2) is 13.1. The Morgan fingerprint density at radius 2 is 1.43 bits per heavy atom. The predicted octanol–water partition coefficient (Wildman–Crippen LogP) is 2.41. The molecular weight excluding hydrogens is 296 g/mol. The molecule has 0 aromatic rings. The van der Waals surface area contributed by atoms with Crippen LogP contribution in [0.2, 0.25) is 0 Å². The van der Waals surface area contributed by atoms with E-state index in [-0.39, 0.29) is 13.2 Å². The monoisotopic (exact) mass is 332 g/mol. The van der Waals surface area contributed by atoms with E-state index in [1.54, 1.807) is 0 Å². The van der Waals surface area contributed by atoms with Gasteiger partial charge in [-0.1, -0.05) is 64.7 Å². The van der Waals surface area contributed by atoms with Crippen LogP contribution in [0.25, 0.3) is 0 Å². The molecule has 138 valence electrons. The maximum atomic E-state index is 9.93. The molecule has 0 radical (unpaired) electrons. The molecule has 1 aliphatic rings. The quantitative estimate of drug-likeness (QED) is 0.451. The van der Waals surface area contributed by atoms with Gasteiger partial charge in [-0.2, -0.15) is 0 Å². The third-order valence-electron chi connectivity index (χ3n) is 4.60. The van der Waals surface area contributed by atoms with Crippen LogP contribution >= 0.6 is 0 Å². The molecule has 0 aromatic carbocycles. The molecule has 0 saturated carbocycles. The van der Waals surface area contributed by atoms with Crippen LogP contribution in [0.3, 0.4) is 0 Å². The maximum Gasteiger partial charge on any atom is 0.111 e. The largest absolute Gasteiger partial charge is 0.394 e. The van der Waals surface area contributed by atoms with Crippen LogP contribution in [0.1, 0.15) is 71.1 Å². The Labute approximate surface area is 141 Å². The van der Waals surface area contributed by atoms with Crippen LogP contribution in [0.4, 0.5) is 0 Å². The van der Waals surface area contributed by atoms with Gasteiger partial charge in [0.15, 0.2) is 0 Å². The molecule has 5 heteroatoms. The summed E-state index contributed by atoms with van der Waals surface area (Å²) < 4.78 is 10.9. The van der Waals surface area contributed by atoms with E-state index in [9.17, 15) is 10.2 Å². The zero-order valence-electron chi connectivity index (χ0n) is 14.7. The van der Waals surface area contributed by atoms with Crippen LogP contribution in [-0.2, 0) is 9.47 Å². The van der Waals surface area contributed by atoms with Crippen molar-refractivity contribution in [2.24, 2.45) is 0 Å². The summed E-state index contributed by atoms with van der Waals surface area (Å²) in [6, 6.07) is 0. The molecule has 0 spiro atoms. The summed E-state index contributed by atoms with van der Waals surface area (Å²) in [7, 11) is 0. The number of unbranched alkanes of at least 4 members (excludes halogenated alkanes) is 9. The van der Waals surface area contributed by atoms with E-state index in [2.05, 4.69) is 6.92 Å². The molecule has 0 amide bonds. The average Bonchev–Trinajstić information content (AvgIpc) is 2.56. The molecule has 0 bridgehead atoms. The standard InChI is InChI=1S/C18H36O5/c1-2-3-4-5-6-7-8-9-10-11-12-22-16-14-23-15(13-19)17(20)18(16)21/h15-21H,2-14H2,1H3/t15-,16+,17-,18-/m1/s1. The van der Waals surface area contributed by atoms with Crippen LogP contribution in [0, 0.1) is 0 Å². The Bertz CT molecular complexity index is 274. The molecule has 0 unspecified atom stereocenters. The molecule has 5 nitrogen and oxygen atoms in total. The molecule has 1 aliphatic heterocycles. The summed E-state index contributed by atoms with van der Waals surface area (Å²) in [6.07, 6.45) is 9.46. The SMILES string of the molecule is CCCCCCCCCCCCO[C@H]1CO[C@H](CO)[C@@H](O)[C@@H]1O. The molecule has 4 atom stereocenters. The number of aliphatic hydroxyl groups excluding tert-OH is 3. The highest BCUT2D eigenvalue weighted by Crippen LogP contribution is 2.18. The van der Waals surface area contributed by atoms with E-state index in [4.69, 9.17) is 14.6 Å². The first kappa shape index (κ1) is 20.8. The summed E-state index contributed by atoms with van der Waals surface area (Å²) in [5.41, 5.74) is 0. The Hall–Kier alpha value is -0.200. The van der Waals surface area contributed by atoms with Crippen LogP contribution < -0.4 is 0 Å². The summed E-state index contributed by atoms with van der Waals surface area (Å²) in [6.45, 7) is 2.76. The lowest BCUT2D eigenvalue weighted by Crippen LogP contribution is -2.55. The molecule has 1 fully saturated rings. The van der Waals surface area contributed by atoms with Crippen LogP contribution in [0.5, 0.6) is 0 Å². The number of rotatable bonds is 13. The highest BCUT2D eigenvalue weighted by molar-refractivity contribution is 4.87. The lowest BCUT2D eigenvalue weighted by atomic mass is 10.0. The second-order valence-corrected chi connectivity index (χ2v) is 6.63. The minimum Gasteiger partial charge on any atom is -0.394 e. The van der Waals surface area contributed by atoms with Gasteiger partial charge in [0.25, 0.3) is 0 Å². The lowest BCUT2D eigenvalue weighted by molar-refractivity contribution is -0.208. The number of hydrogen-bond donors (Lipinski definition) is 3. The molecule has 0 aromatic heterocycles. The van der Waals surface area contributed by atoms with Crippen molar-refractivity contribution in [2.75, 3.05) is 19.8 Å². The number of ether oxygens (including phenoxy) is 2. The molecule has 1 rings (SSSR count). The minimum absolute atomic E-state index is 0.223. The van der Waals surface area contributed by atoms with Gasteiger partial charge >= 0.3 is 0 Å². The van der Waals surface area contributed by atoms with Crippen molar-refractivity contribution in [1.82, 2.24) is 0 Å². The van der Waals surface area contributed by atoms with E-state index in [1.807, 2.05) is 0 Å². The Balaban J connectivity index is 1.93. The zero-order valence-corrected chi connectivity index (χ0v) is 14.7. The summed E-state index contributed by atoms with van der Waals surface area (Å²) in [5, 5.41) is 28.7. The Morgan fingerprint density at radius 3 is 2.00 bits per heavy atom. The fraction of sp³-hybridized carbons (Fsp3) is 1.00. The minimum atomic E-state index is -1.08. The normalized spacial score (nSPS) is 28.2. The fourth-order valence-electron chi connectivity index (χ4n) is 2.99. The van der Waals surface area contributed by atoms with Crippen molar-refractivity contribution in [3.05, 3.63) is 0 Å². The van der Waals surface area contributed by atoms with Gasteiger partial charge in [-0.3, -0.25) is 0 Å². The highest BCUT2D eigenvalue weighted by Gasteiger charge is 2.38. The van der Waals surface area contributed by atoms with Gasteiger partial charge in [0, 0.05) is 6.61 Å². The summed E-state index contributed by atoms with van der Waals surface area (Å²) in [4.78, 5) is 0. The fourth-order valence-corrected chi connectivity index (χ4v) is 2.99. The van der Waals surface area contributed by atoms with Crippen molar-refractivity contribution in [3.63, 3.8) is 0 Å². The topological polar surface area (TPSA) is 79.2 Å². The summed E-state index contributed by atoms with van der Waals surface area (Å²) >= 11 is 0. The van der Waals surface area contributed by atoms with Gasteiger partial charge in [-0.25, -0.2) is 0 Å². The third-order valence-corrected chi connectivity index (χ3v) is 4.60. The maximum absolute atomic E-state index is 9.93. The van der Waals surface area contributed by atoms with Crippen molar-refractivity contribution in [3.8, 4) is 0 Å². The zero-order chi connectivity index (χ0) is 16.9. The van der Waals surface area contributed by atoms with E-state index in [0.717, 1.165) is 12.8 Å². The molecule has 23 heavy (non-hydrogen) atoms. The third kappa shape index (κ3) is 8.45. The van der Waals surface area contributed by atoms with Gasteiger partial charge in [0.05, 0.1) is 13.2 Å². The predicted molar refractivity (Wildman–Crippen MR) is 90.4 cm³/mol. The first-order chi connectivity index (χ1) is 11.2. The molecule has 3 N–H and O–H groups in total. The second-order valence-electron chi connectivity index (χ2n) is 6.63. The molecule has 1 heterocycles. The van der Waals surface area contributed by atoms with E-state index in [1.165, 1.54) is 51.4 Å². The first-order valence-corrected chi connectivity index (χ1v) is 9.40. The first-order valence-electron chi connectivity index (χ1n) is 9.40. The highest BCUT2D eigenvalue weighted by atomic mass is 16.6. The molecule has 1 saturated heterocycles. The van der Waals surface area contributed by atoms with Gasteiger partial charge in [-0.05, 0) is 6.42 Å². The van der Waals surface area contributed by atoms with Crippen LogP contribution in [0.15, 0.2) is 0 Å². The van der Waals surface area contributed by atoms with E-state index in [0.29, 0.717) is 6.61 Å². The number of aliphatic hydroxyl groups is 3.